The minimum absolute atomic E-state index is 0.366. The van der Waals surface area contributed by atoms with Gasteiger partial charge in [0.15, 0.2) is 0 Å². The summed E-state index contributed by atoms with van der Waals surface area (Å²) >= 11 is 0. The molecule has 0 aliphatic heterocycles. The number of nitrogens with one attached hydrogen (secondary N) is 2. The maximum absolute atomic E-state index is 5.25. The van der Waals surface area contributed by atoms with Gasteiger partial charge in [0.1, 0.15) is 11.6 Å². The number of hydrogen-bond acceptors (Lipinski definition) is 5. The van der Waals surface area contributed by atoms with Gasteiger partial charge in [0, 0.05) is 12.2 Å². The summed E-state index contributed by atoms with van der Waals surface area (Å²) in [6.07, 6.45) is 4.43. The van der Waals surface area contributed by atoms with Crippen molar-refractivity contribution in [3.8, 4) is 0 Å². The van der Waals surface area contributed by atoms with Crippen molar-refractivity contribution in [1.82, 2.24) is 9.97 Å². The van der Waals surface area contributed by atoms with E-state index in [-0.39, 0.29) is 0 Å². The molecule has 1 unspecified atom stereocenters. The van der Waals surface area contributed by atoms with E-state index in [9.17, 15) is 0 Å². The predicted octanol–water partition coefficient (Wildman–Crippen LogP) is 2.89. The average Bonchev–Trinajstić information content (AvgIpc) is 2.90. The molecule has 0 saturated heterocycles. The van der Waals surface area contributed by atoms with E-state index in [2.05, 4.69) is 34.4 Å². The summed E-state index contributed by atoms with van der Waals surface area (Å²) in [5.74, 6) is 2.31. The van der Waals surface area contributed by atoms with E-state index in [1.807, 2.05) is 18.2 Å². The fraction of sp³-hybridized carbons (Fsp3) is 0.385. The van der Waals surface area contributed by atoms with Gasteiger partial charge >= 0.3 is 0 Å². The standard InChI is InChI=1S/C13H18N4O/c1-3-10(2)16-13-14-7-6-12(17-13)15-9-11-5-4-8-18-11/h4-8,10H,3,9H2,1-2H3,(H2,14,15,16,17). The van der Waals surface area contributed by atoms with Crippen molar-refractivity contribution in [2.24, 2.45) is 0 Å². The van der Waals surface area contributed by atoms with Gasteiger partial charge in [-0.3, -0.25) is 0 Å². The second kappa shape index (κ2) is 6.05. The van der Waals surface area contributed by atoms with Gasteiger partial charge in [-0.05, 0) is 31.5 Å². The molecule has 0 aromatic carbocycles. The molecular weight excluding hydrogens is 228 g/mol. The SMILES string of the molecule is CCC(C)Nc1nccc(NCc2ccco2)n1. The van der Waals surface area contributed by atoms with Crippen LogP contribution in [0.25, 0.3) is 0 Å². The third kappa shape index (κ3) is 3.48. The van der Waals surface area contributed by atoms with Crippen LogP contribution in [0.2, 0.25) is 0 Å². The molecule has 0 aliphatic rings. The number of aromatic nitrogens is 2. The summed E-state index contributed by atoms with van der Waals surface area (Å²) < 4.78 is 5.25. The molecule has 0 fully saturated rings. The van der Waals surface area contributed by atoms with E-state index in [0.717, 1.165) is 18.0 Å². The highest BCUT2D eigenvalue weighted by molar-refractivity contribution is 5.40. The van der Waals surface area contributed by atoms with Crippen molar-refractivity contribution >= 4 is 11.8 Å². The summed E-state index contributed by atoms with van der Waals surface area (Å²) in [7, 11) is 0. The molecule has 0 spiro atoms. The lowest BCUT2D eigenvalue weighted by atomic mass is 10.3. The summed E-state index contributed by atoms with van der Waals surface area (Å²) in [6.45, 7) is 4.84. The van der Waals surface area contributed by atoms with E-state index < -0.39 is 0 Å². The van der Waals surface area contributed by atoms with Crippen LogP contribution in [0.5, 0.6) is 0 Å². The maximum atomic E-state index is 5.25. The highest BCUT2D eigenvalue weighted by Crippen LogP contribution is 2.09. The van der Waals surface area contributed by atoms with Crippen LogP contribution in [-0.4, -0.2) is 16.0 Å². The van der Waals surface area contributed by atoms with E-state index in [1.165, 1.54) is 0 Å². The zero-order valence-corrected chi connectivity index (χ0v) is 10.7. The Balaban J connectivity index is 1.94. The van der Waals surface area contributed by atoms with Crippen LogP contribution < -0.4 is 10.6 Å². The topological polar surface area (TPSA) is 63.0 Å². The third-order valence-electron chi connectivity index (χ3n) is 2.67. The lowest BCUT2D eigenvalue weighted by molar-refractivity contribution is 0.518. The quantitative estimate of drug-likeness (QED) is 0.820. The first-order chi connectivity index (χ1) is 8.78. The van der Waals surface area contributed by atoms with E-state index in [1.54, 1.807) is 12.5 Å². The molecule has 2 N–H and O–H groups in total. The molecule has 0 aliphatic carbocycles. The Morgan fingerprint density at radius 3 is 3.00 bits per heavy atom. The maximum Gasteiger partial charge on any atom is 0.224 e. The van der Waals surface area contributed by atoms with Gasteiger partial charge in [-0.1, -0.05) is 6.92 Å². The van der Waals surface area contributed by atoms with Crippen LogP contribution in [0, 0.1) is 0 Å². The number of anilines is 2. The highest BCUT2D eigenvalue weighted by atomic mass is 16.3. The number of furan rings is 1. The minimum atomic E-state index is 0.366. The molecule has 0 amide bonds. The van der Waals surface area contributed by atoms with E-state index >= 15 is 0 Å². The predicted molar refractivity (Wildman–Crippen MR) is 71.4 cm³/mol. The normalized spacial score (nSPS) is 12.1. The first-order valence-corrected chi connectivity index (χ1v) is 6.13. The molecule has 0 saturated carbocycles. The van der Waals surface area contributed by atoms with Crippen LogP contribution in [0.4, 0.5) is 11.8 Å². The summed E-state index contributed by atoms with van der Waals surface area (Å²) in [4.78, 5) is 8.57. The van der Waals surface area contributed by atoms with E-state index in [4.69, 9.17) is 4.42 Å². The Morgan fingerprint density at radius 1 is 1.39 bits per heavy atom. The first kappa shape index (κ1) is 12.4. The lowest BCUT2D eigenvalue weighted by Gasteiger charge is -2.11. The van der Waals surface area contributed by atoms with Crippen molar-refractivity contribution < 1.29 is 4.42 Å². The smallest absolute Gasteiger partial charge is 0.224 e. The van der Waals surface area contributed by atoms with Crippen molar-refractivity contribution in [3.05, 3.63) is 36.4 Å². The van der Waals surface area contributed by atoms with Gasteiger partial charge in [-0.2, -0.15) is 4.98 Å². The van der Waals surface area contributed by atoms with Crippen molar-refractivity contribution in [2.45, 2.75) is 32.9 Å². The summed E-state index contributed by atoms with van der Waals surface area (Å²) in [5, 5.41) is 6.43. The van der Waals surface area contributed by atoms with Gasteiger partial charge in [0.05, 0.1) is 12.8 Å². The summed E-state index contributed by atoms with van der Waals surface area (Å²) in [5.41, 5.74) is 0. The van der Waals surface area contributed by atoms with Gasteiger partial charge in [0.25, 0.3) is 0 Å². The van der Waals surface area contributed by atoms with E-state index in [0.29, 0.717) is 18.5 Å². The average molecular weight is 246 g/mol. The van der Waals surface area contributed by atoms with Gasteiger partial charge < -0.3 is 15.1 Å². The summed E-state index contributed by atoms with van der Waals surface area (Å²) in [6, 6.07) is 6.00. The number of rotatable bonds is 6. The number of hydrogen-bond donors (Lipinski definition) is 2. The van der Waals surface area contributed by atoms with Crippen molar-refractivity contribution in [1.29, 1.82) is 0 Å². The zero-order chi connectivity index (χ0) is 12.8. The Labute approximate surface area is 107 Å². The second-order valence-corrected chi connectivity index (χ2v) is 4.15. The van der Waals surface area contributed by atoms with Crippen LogP contribution >= 0.6 is 0 Å². The van der Waals surface area contributed by atoms with Crippen LogP contribution in [-0.2, 0) is 6.54 Å². The molecule has 5 heteroatoms. The Hall–Kier alpha value is -2.04. The molecule has 96 valence electrons. The Kier molecular flexibility index (Phi) is 4.17. The highest BCUT2D eigenvalue weighted by Gasteiger charge is 2.03. The second-order valence-electron chi connectivity index (χ2n) is 4.15. The zero-order valence-electron chi connectivity index (χ0n) is 10.7. The van der Waals surface area contributed by atoms with Crippen LogP contribution in [0.15, 0.2) is 35.1 Å². The van der Waals surface area contributed by atoms with Gasteiger partial charge in [-0.25, -0.2) is 4.98 Å². The molecule has 0 bridgehead atoms. The molecule has 2 aromatic rings. The first-order valence-electron chi connectivity index (χ1n) is 6.13. The third-order valence-corrected chi connectivity index (χ3v) is 2.67. The molecule has 5 nitrogen and oxygen atoms in total. The largest absolute Gasteiger partial charge is 0.467 e. The van der Waals surface area contributed by atoms with Crippen molar-refractivity contribution in [3.63, 3.8) is 0 Å². The molecule has 0 radical (unpaired) electrons. The van der Waals surface area contributed by atoms with Crippen LogP contribution in [0.1, 0.15) is 26.0 Å². The Morgan fingerprint density at radius 2 is 2.28 bits per heavy atom. The number of nitrogens with zero attached hydrogens (tertiary/aromatic N) is 2. The molecule has 2 heterocycles. The van der Waals surface area contributed by atoms with Crippen molar-refractivity contribution in [2.75, 3.05) is 10.6 Å². The molecule has 18 heavy (non-hydrogen) atoms. The fourth-order valence-corrected chi connectivity index (χ4v) is 1.44. The lowest BCUT2D eigenvalue weighted by Crippen LogP contribution is -2.16. The van der Waals surface area contributed by atoms with Gasteiger partial charge in [-0.15, -0.1) is 0 Å². The minimum Gasteiger partial charge on any atom is -0.467 e. The molecule has 2 aromatic heterocycles. The van der Waals surface area contributed by atoms with Gasteiger partial charge in [0.2, 0.25) is 5.95 Å². The molecule has 2 rings (SSSR count). The monoisotopic (exact) mass is 246 g/mol. The molecule has 1 atom stereocenters. The Bertz CT molecular complexity index is 470. The fourth-order valence-electron chi connectivity index (χ4n) is 1.44. The molecular formula is C13H18N4O. The van der Waals surface area contributed by atoms with Crippen LogP contribution in [0.3, 0.4) is 0 Å².